The van der Waals surface area contributed by atoms with E-state index < -0.39 is 0 Å². The molecule has 0 aliphatic carbocycles. The van der Waals surface area contributed by atoms with Crippen LogP contribution in [0, 0.1) is 13.8 Å². The molecule has 0 spiro atoms. The molecule has 0 heterocycles. The van der Waals surface area contributed by atoms with Gasteiger partial charge in [-0.05, 0) is 25.0 Å². The molecule has 3 heteroatoms. The number of benzene rings is 1. The van der Waals surface area contributed by atoms with Gasteiger partial charge in [0.05, 0.1) is 6.54 Å². The summed E-state index contributed by atoms with van der Waals surface area (Å²) in [7, 11) is 0. The highest BCUT2D eigenvalue weighted by Gasteiger charge is 2.05. The number of hydrogen-bond donors (Lipinski definition) is 1. The number of hydrogen-bond acceptors (Lipinski definition) is 2. The van der Waals surface area contributed by atoms with Crippen LogP contribution < -0.4 is 5.84 Å². The minimum Gasteiger partial charge on any atom is -0.276 e. The molecule has 1 rings (SSSR count). The molecule has 0 saturated heterocycles. The summed E-state index contributed by atoms with van der Waals surface area (Å²) >= 11 is 0. The zero-order chi connectivity index (χ0) is 10.7. The number of carbonyl (C=O) groups is 1. The first-order chi connectivity index (χ1) is 6.50. The molecule has 0 radical (unpaired) electrons. The lowest BCUT2D eigenvalue weighted by Crippen LogP contribution is -2.34. The maximum atomic E-state index is 10.9. The summed E-state index contributed by atoms with van der Waals surface area (Å²) < 4.78 is 0. The van der Waals surface area contributed by atoms with Crippen molar-refractivity contribution in [2.75, 3.05) is 0 Å². The molecular formula is C11H16N2O. The molecule has 0 aliphatic rings. The first-order valence-corrected chi connectivity index (χ1v) is 4.59. The van der Waals surface area contributed by atoms with Crippen LogP contribution in [0.25, 0.3) is 0 Å². The van der Waals surface area contributed by atoms with E-state index >= 15 is 0 Å². The molecule has 14 heavy (non-hydrogen) atoms. The lowest BCUT2D eigenvalue weighted by molar-refractivity contribution is -0.129. The molecule has 1 aromatic rings. The predicted molar refractivity (Wildman–Crippen MR) is 56.3 cm³/mol. The molecule has 0 unspecified atom stereocenters. The van der Waals surface area contributed by atoms with Crippen molar-refractivity contribution in [1.82, 2.24) is 5.01 Å². The smallest absolute Gasteiger partial charge is 0.233 e. The van der Waals surface area contributed by atoms with Crippen LogP contribution in [0.1, 0.15) is 23.6 Å². The Kier molecular flexibility index (Phi) is 3.25. The highest BCUT2D eigenvalue weighted by Crippen LogP contribution is 2.11. The Morgan fingerprint density at radius 2 is 2.07 bits per heavy atom. The normalized spacial score (nSPS) is 10.0. The standard InChI is InChI=1S/C11H16N2O/c1-8-4-5-11(9(2)6-8)7-13(12)10(3)14/h4-6H,7,12H2,1-3H3. The van der Waals surface area contributed by atoms with Gasteiger partial charge in [-0.3, -0.25) is 9.80 Å². The second kappa shape index (κ2) is 4.24. The number of amides is 1. The van der Waals surface area contributed by atoms with E-state index in [1.165, 1.54) is 23.1 Å². The molecule has 0 bridgehead atoms. The zero-order valence-electron chi connectivity index (χ0n) is 8.87. The van der Waals surface area contributed by atoms with Gasteiger partial charge < -0.3 is 0 Å². The van der Waals surface area contributed by atoms with Crippen molar-refractivity contribution in [3.8, 4) is 0 Å². The number of nitrogens with two attached hydrogens (primary N) is 1. The van der Waals surface area contributed by atoms with Crippen molar-refractivity contribution in [1.29, 1.82) is 0 Å². The van der Waals surface area contributed by atoms with Gasteiger partial charge in [-0.2, -0.15) is 0 Å². The van der Waals surface area contributed by atoms with Crippen molar-refractivity contribution in [3.05, 3.63) is 34.9 Å². The zero-order valence-corrected chi connectivity index (χ0v) is 8.87. The molecular weight excluding hydrogens is 176 g/mol. The molecule has 3 nitrogen and oxygen atoms in total. The van der Waals surface area contributed by atoms with Crippen LogP contribution in [0.3, 0.4) is 0 Å². The maximum absolute atomic E-state index is 10.9. The molecule has 1 aromatic carbocycles. The summed E-state index contributed by atoms with van der Waals surface area (Å²) in [4.78, 5) is 10.9. The second-order valence-electron chi connectivity index (χ2n) is 3.58. The lowest BCUT2D eigenvalue weighted by atomic mass is 10.1. The van der Waals surface area contributed by atoms with Crippen LogP contribution in [-0.2, 0) is 11.3 Å². The SMILES string of the molecule is CC(=O)N(N)Cc1ccc(C)cc1C. The monoisotopic (exact) mass is 192 g/mol. The van der Waals surface area contributed by atoms with Crippen LogP contribution in [0.2, 0.25) is 0 Å². The minimum absolute atomic E-state index is 0.120. The van der Waals surface area contributed by atoms with Gasteiger partial charge in [0.25, 0.3) is 0 Å². The van der Waals surface area contributed by atoms with Crippen LogP contribution >= 0.6 is 0 Å². The maximum Gasteiger partial charge on any atom is 0.233 e. The summed E-state index contributed by atoms with van der Waals surface area (Å²) in [5.41, 5.74) is 3.48. The van der Waals surface area contributed by atoms with Crippen molar-refractivity contribution in [2.45, 2.75) is 27.3 Å². The molecule has 0 aliphatic heterocycles. The summed E-state index contributed by atoms with van der Waals surface area (Å²) in [6.45, 7) is 6.00. The molecule has 0 fully saturated rings. The number of nitrogens with zero attached hydrogens (tertiary/aromatic N) is 1. The first-order valence-electron chi connectivity index (χ1n) is 4.59. The Labute approximate surface area is 84.5 Å². The van der Waals surface area contributed by atoms with E-state index in [2.05, 4.69) is 6.07 Å². The Morgan fingerprint density at radius 1 is 1.43 bits per heavy atom. The van der Waals surface area contributed by atoms with Crippen molar-refractivity contribution < 1.29 is 4.79 Å². The molecule has 0 atom stereocenters. The fourth-order valence-corrected chi connectivity index (χ4v) is 1.32. The van der Waals surface area contributed by atoms with E-state index in [1.54, 1.807) is 0 Å². The average molecular weight is 192 g/mol. The Balaban J connectivity index is 2.82. The van der Waals surface area contributed by atoms with Crippen molar-refractivity contribution >= 4 is 5.91 Å². The molecule has 0 aromatic heterocycles. The Morgan fingerprint density at radius 3 is 2.57 bits per heavy atom. The highest BCUT2D eigenvalue weighted by atomic mass is 16.2. The van der Waals surface area contributed by atoms with E-state index in [0.717, 1.165) is 5.56 Å². The molecule has 76 valence electrons. The van der Waals surface area contributed by atoms with Crippen molar-refractivity contribution in [3.63, 3.8) is 0 Å². The fraction of sp³-hybridized carbons (Fsp3) is 0.364. The highest BCUT2D eigenvalue weighted by molar-refractivity contribution is 5.72. The molecule has 0 saturated carbocycles. The number of carbonyl (C=O) groups excluding carboxylic acids is 1. The quantitative estimate of drug-likeness (QED) is 0.439. The number of rotatable bonds is 2. The van der Waals surface area contributed by atoms with Crippen molar-refractivity contribution in [2.24, 2.45) is 5.84 Å². The van der Waals surface area contributed by atoms with Gasteiger partial charge >= 0.3 is 0 Å². The van der Waals surface area contributed by atoms with Crippen LogP contribution in [0.4, 0.5) is 0 Å². The number of hydrazine groups is 1. The third-order valence-corrected chi connectivity index (χ3v) is 2.24. The topological polar surface area (TPSA) is 46.3 Å². The van der Waals surface area contributed by atoms with Crippen LogP contribution in [0.5, 0.6) is 0 Å². The van der Waals surface area contributed by atoms with E-state index in [0.29, 0.717) is 6.54 Å². The lowest BCUT2D eigenvalue weighted by Gasteiger charge is -2.15. The predicted octanol–water partition coefficient (Wildman–Crippen LogP) is 1.53. The summed E-state index contributed by atoms with van der Waals surface area (Å²) in [6, 6.07) is 6.12. The van der Waals surface area contributed by atoms with Gasteiger partial charge in [0.15, 0.2) is 0 Å². The average Bonchev–Trinajstić information content (AvgIpc) is 2.09. The third kappa shape index (κ3) is 2.57. The first kappa shape index (κ1) is 10.7. The van der Waals surface area contributed by atoms with Crippen LogP contribution in [0.15, 0.2) is 18.2 Å². The minimum atomic E-state index is -0.120. The molecule has 2 N–H and O–H groups in total. The van der Waals surface area contributed by atoms with Crippen LogP contribution in [-0.4, -0.2) is 10.9 Å². The third-order valence-electron chi connectivity index (χ3n) is 2.24. The number of aryl methyl sites for hydroxylation is 2. The largest absolute Gasteiger partial charge is 0.276 e. The van der Waals surface area contributed by atoms with E-state index in [-0.39, 0.29) is 5.91 Å². The Bertz CT molecular complexity index is 347. The summed E-state index contributed by atoms with van der Waals surface area (Å²) in [5, 5.41) is 1.22. The van der Waals surface area contributed by atoms with Gasteiger partial charge in [-0.25, -0.2) is 5.84 Å². The van der Waals surface area contributed by atoms with E-state index in [1.807, 2.05) is 26.0 Å². The fourth-order valence-electron chi connectivity index (χ4n) is 1.32. The molecule has 1 amide bonds. The second-order valence-corrected chi connectivity index (χ2v) is 3.58. The van der Waals surface area contributed by atoms with Gasteiger partial charge in [-0.15, -0.1) is 0 Å². The van der Waals surface area contributed by atoms with E-state index in [4.69, 9.17) is 5.84 Å². The summed E-state index contributed by atoms with van der Waals surface area (Å²) in [6.07, 6.45) is 0. The van der Waals surface area contributed by atoms with Gasteiger partial charge in [0.1, 0.15) is 0 Å². The van der Waals surface area contributed by atoms with Gasteiger partial charge in [0, 0.05) is 6.92 Å². The van der Waals surface area contributed by atoms with Gasteiger partial charge in [0.2, 0.25) is 5.91 Å². The summed E-state index contributed by atoms with van der Waals surface area (Å²) in [5.74, 6) is 5.42. The Hall–Kier alpha value is -1.35. The van der Waals surface area contributed by atoms with Gasteiger partial charge in [-0.1, -0.05) is 23.8 Å². The van der Waals surface area contributed by atoms with E-state index in [9.17, 15) is 4.79 Å².